The highest BCUT2D eigenvalue weighted by atomic mass is 32.2. The highest BCUT2D eigenvalue weighted by Gasteiger charge is 2.20. The Kier molecular flexibility index (Phi) is 7.61. The number of hydrogen-bond acceptors (Lipinski definition) is 9. The predicted molar refractivity (Wildman–Crippen MR) is 131 cm³/mol. The van der Waals surface area contributed by atoms with Gasteiger partial charge in [-0.1, -0.05) is 42.1 Å². The summed E-state index contributed by atoms with van der Waals surface area (Å²) in [5.41, 5.74) is 2.11. The van der Waals surface area contributed by atoms with E-state index in [1.807, 2.05) is 42.5 Å². The molecule has 0 unspecified atom stereocenters. The fraction of sp³-hybridized carbons (Fsp3) is 0.167. The van der Waals surface area contributed by atoms with Crippen molar-refractivity contribution in [2.75, 3.05) is 24.8 Å². The average molecular weight is 496 g/mol. The highest BCUT2D eigenvalue weighted by Crippen LogP contribution is 2.35. The fourth-order valence-corrected chi connectivity index (χ4v) is 4.58. The van der Waals surface area contributed by atoms with Gasteiger partial charge in [0.2, 0.25) is 11.8 Å². The molecule has 0 atom stereocenters. The molecule has 0 bridgehead atoms. The third-order valence-corrected chi connectivity index (χ3v) is 6.58. The van der Waals surface area contributed by atoms with Crippen molar-refractivity contribution in [3.8, 4) is 27.6 Å². The minimum absolute atomic E-state index is 0.0308. The monoisotopic (exact) mass is 495 g/mol. The number of anilines is 1. The number of methoxy groups -OCH3 is 1. The molecule has 2 aromatic heterocycles. The lowest BCUT2D eigenvalue weighted by Crippen LogP contribution is -2.16. The fourth-order valence-electron chi connectivity index (χ4n) is 3.01. The van der Waals surface area contributed by atoms with Crippen LogP contribution >= 0.6 is 23.1 Å². The molecule has 2 aromatic carbocycles. The lowest BCUT2D eigenvalue weighted by Gasteiger charge is -2.05. The SMILES string of the molecule is CCOC(=O)c1sc(-c2ccccc2)cc1NC(=O)CSc1nnc(-c2ccc(OC)cc2)o1. The second-order valence-electron chi connectivity index (χ2n) is 6.88. The summed E-state index contributed by atoms with van der Waals surface area (Å²) in [4.78, 5) is 26.3. The number of rotatable bonds is 9. The maximum Gasteiger partial charge on any atom is 0.350 e. The van der Waals surface area contributed by atoms with Crippen molar-refractivity contribution in [2.24, 2.45) is 0 Å². The van der Waals surface area contributed by atoms with E-state index in [1.54, 1.807) is 32.2 Å². The van der Waals surface area contributed by atoms with Gasteiger partial charge in [-0.15, -0.1) is 21.5 Å². The first kappa shape index (κ1) is 23.5. The summed E-state index contributed by atoms with van der Waals surface area (Å²) < 4.78 is 16.0. The summed E-state index contributed by atoms with van der Waals surface area (Å²) in [6, 6.07) is 18.6. The molecule has 4 aromatic rings. The zero-order valence-electron chi connectivity index (χ0n) is 18.4. The van der Waals surface area contributed by atoms with Crippen molar-refractivity contribution in [1.29, 1.82) is 0 Å². The molecule has 0 spiro atoms. The number of amides is 1. The molecule has 0 radical (unpaired) electrons. The molecule has 1 N–H and O–H groups in total. The van der Waals surface area contributed by atoms with Crippen LogP contribution in [0.2, 0.25) is 0 Å². The Morgan fingerprint density at radius 2 is 1.82 bits per heavy atom. The molecular formula is C24H21N3O5S2. The Hall–Kier alpha value is -3.63. The Balaban J connectivity index is 1.43. The molecule has 1 amide bonds. The standard InChI is InChI=1S/C24H21N3O5S2/c1-3-31-23(29)21-18(13-19(34-21)15-7-5-4-6-8-15)25-20(28)14-33-24-27-26-22(32-24)16-9-11-17(30-2)12-10-16/h4-13H,3,14H2,1-2H3,(H,25,28). The molecule has 0 aliphatic rings. The number of benzene rings is 2. The zero-order valence-corrected chi connectivity index (χ0v) is 20.1. The number of carbonyl (C=O) groups excluding carboxylic acids is 2. The van der Waals surface area contributed by atoms with Gasteiger partial charge >= 0.3 is 5.97 Å². The van der Waals surface area contributed by atoms with Crippen molar-refractivity contribution >= 4 is 40.7 Å². The largest absolute Gasteiger partial charge is 0.497 e. The van der Waals surface area contributed by atoms with Crippen LogP contribution < -0.4 is 10.1 Å². The molecule has 4 rings (SSSR count). The molecule has 2 heterocycles. The summed E-state index contributed by atoms with van der Waals surface area (Å²) in [6.07, 6.45) is 0. The van der Waals surface area contributed by atoms with E-state index in [0.29, 0.717) is 16.5 Å². The third kappa shape index (κ3) is 5.64. The molecule has 0 saturated heterocycles. The van der Waals surface area contributed by atoms with Gasteiger partial charge in [0.15, 0.2) is 0 Å². The van der Waals surface area contributed by atoms with Gasteiger partial charge in [-0.05, 0) is 42.8 Å². The number of aromatic nitrogens is 2. The second kappa shape index (κ2) is 11.0. The van der Waals surface area contributed by atoms with E-state index in [4.69, 9.17) is 13.9 Å². The van der Waals surface area contributed by atoms with Crippen molar-refractivity contribution in [3.63, 3.8) is 0 Å². The maximum absolute atomic E-state index is 12.6. The van der Waals surface area contributed by atoms with Crippen molar-refractivity contribution in [1.82, 2.24) is 10.2 Å². The Morgan fingerprint density at radius 1 is 1.06 bits per heavy atom. The quantitative estimate of drug-likeness (QED) is 0.244. The van der Waals surface area contributed by atoms with Crippen molar-refractivity contribution < 1.29 is 23.5 Å². The van der Waals surface area contributed by atoms with Gasteiger partial charge in [-0.2, -0.15) is 0 Å². The molecule has 10 heteroatoms. The van der Waals surface area contributed by atoms with E-state index in [9.17, 15) is 9.59 Å². The maximum atomic E-state index is 12.6. The van der Waals surface area contributed by atoms with E-state index in [1.165, 1.54) is 11.3 Å². The van der Waals surface area contributed by atoms with Crippen LogP contribution in [-0.2, 0) is 9.53 Å². The summed E-state index contributed by atoms with van der Waals surface area (Å²) in [7, 11) is 1.59. The first-order valence-electron chi connectivity index (χ1n) is 10.3. The lowest BCUT2D eigenvalue weighted by atomic mass is 10.2. The van der Waals surface area contributed by atoms with Crippen LogP contribution in [0.5, 0.6) is 5.75 Å². The number of carbonyl (C=O) groups is 2. The van der Waals surface area contributed by atoms with E-state index in [0.717, 1.165) is 33.5 Å². The van der Waals surface area contributed by atoms with E-state index >= 15 is 0 Å². The number of thiophene rings is 1. The molecule has 0 saturated carbocycles. The summed E-state index contributed by atoms with van der Waals surface area (Å²) in [6.45, 7) is 1.98. The third-order valence-electron chi connectivity index (χ3n) is 4.60. The average Bonchev–Trinajstić information content (AvgIpc) is 3.51. The minimum Gasteiger partial charge on any atom is -0.497 e. The van der Waals surface area contributed by atoms with Gasteiger partial charge in [0.25, 0.3) is 5.22 Å². The van der Waals surface area contributed by atoms with Gasteiger partial charge in [0.05, 0.1) is 25.2 Å². The predicted octanol–water partition coefficient (Wildman–Crippen LogP) is 5.38. The van der Waals surface area contributed by atoms with Gasteiger partial charge in [0.1, 0.15) is 10.6 Å². The van der Waals surface area contributed by atoms with Gasteiger partial charge in [-0.25, -0.2) is 4.79 Å². The first-order valence-corrected chi connectivity index (χ1v) is 12.1. The van der Waals surface area contributed by atoms with Crippen LogP contribution in [0, 0.1) is 0 Å². The summed E-state index contributed by atoms with van der Waals surface area (Å²) in [5, 5.41) is 11.1. The molecule has 0 fully saturated rings. The van der Waals surface area contributed by atoms with Gasteiger partial charge < -0.3 is 19.2 Å². The van der Waals surface area contributed by atoms with Crippen LogP contribution in [0.4, 0.5) is 5.69 Å². The topological polar surface area (TPSA) is 104 Å². The van der Waals surface area contributed by atoms with Crippen LogP contribution in [0.25, 0.3) is 21.9 Å². The van der Waals surface area contributed by atoms with Crippen LogP contribution in [0.15, 0.2) is 70.3 Å². The number of ether oxygens (including phenoxy) is 2. The number of nitrogens with zero attached hydrogens (tertiary/aromatic N) is 2. The molecule has 0 aliphatic heterocycles. The van der Waals surface area contributed by atoms with Crippen molar-refractivity contribution in [3.05, 3.63) is 65.5 Å². The smallest absolute Gasteiger partial charge is 0.350 e. The Bertz CT molecular complexity index is 1270. The van der Waals surface area contributed by atoms with E-state index in [2.05, 4.69) is 15.5 Å². The second-order valence-corrected chi connectivity index (χ2v) is 8.86. The molecule has 174 valence electrons. The molecule has 8 nitrogen and oxygen atoms in total. The lowest BCUT2D eigenvalue weighted by molar-refractivity contribution is -0.113. The number of thioether (sulfide) groups is 1. The normalized spacial score (nSPS) is 10.6. The van der Waals surface area contributed by atoms with Crippen LogP contribution in [0.1, 0.15) is 16.6 Å². The summed E-state index contributed by atoms with van der Waals surface area (Å²) >= 11 is 2.38. The molecular weight excluding hydrogens is 474 g/mol. The Labute approximate surface area is 204 Å². The summed E-state index contributed by atoms with van der Waals surface area (Å²) in [5.74, 6) is 0.320. The molecule has 0 aliphatic carbocycles. The number of esters is 1. The molecule has 34 heavy (non-hydrogen) atoms. The first-order chi connectivity index (χ1) is 16.6. The van der Waals surface area contributed by atoms with Crippen LogP contribution in [0.3, 0.4) is 0 Å². The minimum atomic E-state index is -0.473. The van der Waals surface area contributed by atoms with Gasteiger partial charge in [-0.3, -0.25) is 4.79 Å². The number of hydrogen-bond donors (Lipinski definition) is 1. The van der Waals surface area contributed by atoms with E-state index < -0.39 is 5.97 Å². The van der Waals surface area contributed by atoms with Gasteiger partial charge in [0, 0.05) is 10.4 Å². The zero-order chi connectivity index (χ0) is 23.9. The van der Waals surface area contributed by atoms with Crippen LogP contribution in [-0.4, -0.2) is 41.5 Å². The highest BCUT2D eigenvalue weighted by molar-refractivity contribution is 7.99. The van der Waals surface area contributed by atoms with E-state index in [-0.39, 0.29) is 23.5 Å². The Morgan fingerprint density at radius 3 is 2.53 bits per heavy atom. The van der Waals surface area contributed by atoms with Crippen molar-refractivity contribution in [2.45, 2.75) is 12.1 Å². The number of nitrogens with one attached hydrogen (secondary N) is 1.